The molecule has 1 aromatic carbocycles. The first-order valence-corrected chi connectivity index (χ1v) is 4.82. The molecular formula is C10H13ClFNO. The number of hydrogen-bond acceptors (Lipinski definition) is 2. The molecule has 0 bridgehead atoms. The number of aliphatic hydroxyl groups excluding tert-OH is 1. The van der Waals surface area contributed by atoms with Crippen molar-refractivity contribution in [1.29, 1.82) is 0 Å². The van der Waals surface area contributed by atoms with Crippen LogP contribution in [-0.2, 0) is 0 Å². The highest BCUT2D eigenvalue weighted by Gasteiger charge is 2.16. The second kappa shape index (κ2) is 4.73. The average molecular weight is 218 g/mol. The Morgan fingerprint density at radius 2 is 2.14 bits per heavy atom. The van der Waals surface area contributed by atoms with Crippen molar-refractivity contribution < 1.29 is 9.50 Å². The van der Waals surface area contributed by atoms with E-state index >= 15 is 0 Å². The highest BCUT2D eigenvalue weighted by atomic mass is 35.5. The zero-order valence-corrected chi connectivity index (χ0v) is 8.63. The van der Waals surface area contributed by atoms with Crippen LogP contribution >= 0.6 is 11.6 Å². The molecule has 0 heterocycles. The van der Waals surface area contributed by atoms with Gasteiger partial charge in [-0.1, -0.05) is 18.5 Å². The van der Waals surface area contributed by atoms with Crippen LogP contribution in [0.1, 0.15) is 25.0 Å². The van der Waals surface area contributed by atoms with Gasteiger partial charge in [0.2, 0.25) is 0 Å². The van der Waals surface area contributed by atoms with Crippen molar-refractivity contribution in [3.05, 3.63) is 34.6 Å². The first kappa shape index (κ1) is 11.4. The minimum atomic E-state index is -0.867. The van der Waals surface area contributed by atoms with E-state index in [1.54, 1.807) is 0 Å². The summed E-state index contributed by atoms with van der Waals surface area (Å²) in [5, 5.41) is 9.95. The molecular weight excluding hydrogens is 205 g/mol. The van der Waals surface area contributed by atoms with Crippen LogP contribution in [0.25, 0.3) is 0 Å². The van der Waals surface area contributed by atoms with Crippen molar-refractivity contribution in [3.63, 3.8) is 0 Å². The standard InChI is InChI=1S/C10H13ClFNO/c1-2-9(13)10(14)6-3-7(11)5-8(12)4-6/h3-5,9-10,14H,2,13H2,1H3. The normalized spacial score (nSPS) is 15.2. The van der Waals surface area contributed by atoms with Gasteiger partial charge in [-0.2, -0.15) is 0 Å². The van der Waals surface area contributed by atoms with Crippen LogP contribution in [0.3, 0.4) is 0 Å². The zero-order valence-electron chi connectivity index (χ0n) is 7.87. The van der Waals surface area contributed by atoms with Gasteiger partial charge in [0.15, 0.2) is 0 Å². The summed E-state index contributed by atoms with van der Waals surface area (Å²) in [7, 11) is 0. The summed E-state index contributed by atoms with van der Waals surface area (Å²) in [6.45, 7) is 1.86. The molecule has 0 radical (unpaired) electrons. The van der Waals surface area contributed by atoms with Crippen LogP contribution in [0.5, 0.6) is 0 Å². The number of benzene rings is 1. The molecule has 2 nitrogen and oxygen atoms in total. The molecule has 2 atom stereocenters. The van der Waals surface area contributed by atoms with E-state index in [1.165, 1.54) is 18.2 Å². The van der Waals surface area contributed by atoms with Gasteiger partial charge in [0.05, 0.1) is 6.10 Å². The lowest BCUT2D eigenvalue weighted by atomic mass is 10.0. The van der Waals surface area contributed by atoms with E-state index in [-0.39, 0.29) is 5.02 Å². The molecule has 0 aromatic heterocycles. The van der Waals surface area contributed by atoms with Crippen molar-refractivity contribution in [3.8, 4) is 0 Å². The van der Waals surface area contributed by atoms with E-state index < -0.39 is 18.0 Å². The molecule has 4 heteroatoms. The number of rotatable bonds is 3. The summed E-state index contributed by atoms with van der Waals surface area (Å²) in [5.74, 6) is -0.463. The summed E-state index contributed by atoms with van der Waals surface area (Å²) in [4.78, 5) is 0. The summed E-state index contributed by atoms with van der Waals surface area (Å²) < 4.78 is 12.9. The Morgan fingerprint density at radius 3 is 2.64 bits per heavy atom. The van der Waals surface area contributed by atoms with Crippen molar-refractivity contribution in [1.82, 2.24) is 0 Å². The maximum absolute atomic E-state index is 12.9. The number of hydrogen-bond donors (Lipinski definition) is 2. The predicted octanol–water partition coefficient (Wildman–Crippen LogP) is 2.25. The number of halogens is 2. The molecule has 2 unspecified atom stereocenters. The van der Waals surface area contributed by atoms with Gasteiger partial charge in [-0.15, -0.1) is 0 Å². The molecule has 3 N–H and O–H groups in total. The lowest BCUT2D eigenvalue weighted by molar-refractivity contribution is 0.144. The zero-order chi connectivity index (χ0) is 10.7. The van der Waals surface area contributed by atoms with E-state index in [0.29, 0.717) is 12.0 Å². The van der Waals surface area contributed by atoms with Crippen molar-refractivity contribution in [2.45, 2.75) is 25.5 Å². The third-order valence-corrected chi connectivity index (χ3v) is 2.32. The van der Waals surface area contributed by atoms with Gasteiger partial charge in [0, 0.05) is 11.1 Å². The SMILES string of the molecule is CCC(N)C(O)c1cc(F)cc(Cl)c1. The third kappa shape index (κ3) is 2.67. The Morgan fingerprint density at radius 1 is 1.50 bits per heavy atom. The first-order valence-electron chi connectivity index (χ1n) is 4.44. The molecule has 0 saturated heterocycles. The highest BCUT2D eigenvalue weighted by molar-refractivity contribution is 6.30. The molecule has 0 amide bonds. The smallest absolute Gasteiger partial charge is 0.125 e. The van der Waals surface area contributed by atoms with Gasteiger partial charge in [0.25, 0.3) is 0 Å². The molecule has 1 rings (SSSR count). The molecule has 0 spiro atoms. The lowest BCUT2D eigenvalue weighted by Gasteiger charge is -2.17. The molecule has 1 aromatic rings. The molecule has 78 valence electrons. The summed E-state index contributed by atoms with van der Waals surface area (Å²) >= 11 is 5.65. The van der Waals surface area contributed by atoms with E-state index in [2.05, 4.69) is 0 Å². The highest BCUT2D eigenvalue weighted by Crippen LogP contribution is 2.22. The van der Waals surface area contributed by atoms with Crippen LogP contribution < -0.4 is 5.73 Å². The average Bonchev–Trinajstić information content (AvgIpc) is 2.14. The molecule has 0 aliphatic heterocycles. The monoisotopic (exact) mass is 217 g/mol. The van der Waals surface area contributed by atoms with Crippen molar-refractivity contribution >= 4 is 11.6 Å². The Kier molecular flexibility index (Phi) is 3.86. The van der Waals surface area contributed by atoms with E-state index in [4.69, 9.17) is 17.3 Å². The molecule has 14 heavy (non-hydrogen) atoms. The maximum atomic E-state index is 12.9. The van der Waals surface area contributed by atoms with Gasteiger partial charge in [0.1, 0.15) is 5.82 Å². The molecule has 0 saturated carbocycles. The van der Waals surface area contributed by atoms with Crippen LogP contribution in [0.2, 0.25) is 5.02 Å². The van der Waals surface area contributed by atoms with Crippen molar-refractivity contribution in [2.24, 2.45) is 5.73 Å². The quantitative estimate of drug-likeness (QED) is 0.816. The minimum Gasteiger partial charge on any atom is -0.387 e. The lowest BCUT2D eigenvalue weighted by Crippen LogP contribution is -2.27. The third-order valence-electron chi connectivity index (χ3n) is 2.10. The fourth-order valence-electron chi connectivity index (χ4n) is 1.22. The van der Waals surface area contributed by atoms with Gasteiger partial charge in [-0.25, -0.2) is 4.39 Å². The summed E-state index contributed by atoms with van der Waals surface area (Å²) in [6, 6.07) is 3.56. The second-order valence-corrected chi connectivity index (χ2v) is 3.66. The predicted molar refractivity (Wildman–Crippen MR) is 54.6 cm³/mol. The van der Waals surface area contributed by atoms with Crippen LogP contribution in [0.4, 0.5) is 4.39 Å². The Hall–Kier alpha value is -0.640. The molecule has 0 aliphatic carbocycles. The summed E-state index contributed by atoms with van der Waals surface area (Å²) in [6.07, 6.45) is -0.247. The van der Waals surface area contributed by atoms with Crippen molar-refractivity contribution in [2.75, 3.05) is 0 Å². The van der Waals surface area contributed by atoms with Crippen LogP contribution in [0.15, 0.2) is 18.2 Å². The number of nitrogens with two attached hydrogens (primary N) is 1. The molecule has 0 aliphatic rings. The topological polar surface area (TPSA) is 46.2 Å². The number of aliphatic hydroxyl groups is 1. The van der Waals surface area contributed by atoms with Crippen LogP contribution in [0, 0.1) is 5.82 Å². The summed E-state index contributed by atoms with van der Waals surface area (Å²) in [5.41, 5.74) is 6.05. The molecule has 0 fully saturated rings. The Balaban J connectivity index is 2.94. The van der Waals surface area contributed by atoms with Gasteiger partial charge < -0.3 is 10.8 Å². The Labute approximate surface area is 87.5 Å². The largest absolute Gasteiger partial charge is 0.387 e. The maximum Gasteiger partial charge on any atom is 0.125 e. The van der Waals surface area contributed by atoms with Gasteiger partial charge >= 0.3 is 0 Å². The van der Waals surface area contributed by atoms with Crippen LogP contribution in [-0.4, -0.2) is 11.1 Å². The van der Waals surface area contributed by atoms with E-state index in [1.807, 2.05) is 6.92 Å². The van der Waals surface area contributed by atoms with E-state index in [0.717, 1.165) is 0 Å². The minimum absolute atomic E-state index is 0.266. The van der Waals surface area contributed by atoms with Gasteiger partial charge in [-0.3, -0.25) is 0 Å². The fraction of sp³-hybridized carbons (Fsp3) is 0.400. The van der Waals surface area contributed by atoms with E-state index in [9.17, 15) is 9.50 Å². The van der Waals surface area contributed by atoms with Gasteiger partial charge in [-0.05, 0) is 30.2 Å². The first-order chi connectivity index (χ1) is 6.54. The second-order valence-electron chi connectivity index (χ2n) is 3.22. The Bertz CT molecular complexity index is 299. The fourth-order valence-corrected chi connectivity index (χ4v) is 1.45.